The molecule has 0 fully saturated rings. The molecule has 3 aromatic rings. The van der Waals surface area contributed by atoms with Gasteiger partial charge in [-0.05, 0) is 42.0 Å². The summed E-state index contributed by atoms with van der Waals surface area (Å²) in [6.07, 6.45) is 2.74. The summed E-state index contributed by atoms with van der Waals surface area (Å²) in [5.41, 5.74) is 4.20. The summed E-state index contributed by atoms with van der Waals surface area (Å²) in [4.78, 5) is 7.62. The van der Waals surface area contributed by atoms with Crippen molar-refractivity contribution in [2.75, 3.05) is 6.61 Å². The minimum Gasteiger partial charge on any atom is -0.493 e. The van der Waals surface area contributed by atoms with E-state index >= 15 is 0 Å². The number of pyridine rings is 1. The van der Waals surface area contributed by atoms with E-state index in [1.54, 1.807) is 6.20 Å². The molecule has 1 N–H and O–H groups in total. The zero-order valence-corrected chi connectivity index (χ0v) is 13.5. The topological polar surface area (TPSA) is 42.8 Å². The minimum atomic E-state index is 0.650. The van der Waals surface area contributed by atoms with E-state index in [0.29, 0.717) is 11.3 Å². The van der Waals surface area contributed by atoms with Crippen molar-refractivity contribution in [1.29, 1.82) is 0 Å². The largest absolute Gasteiger partial charge is 0.493 e. The van der Waals surface area contributed by atoms with E-state index in [4.69, 9.17) is 17.0 Å². The lowest BCUT2D eigenvalue weighted by molar-refractivity contribution is 0.352. The molecule has 2 aromatic heterocycles. The van der Waals surface area contributed by atoms with Crippen molar-refractivity contribution in [1.82, 2.24) is 14.5 Å². The summed E-state index contributed by atoms with van der Waals surface area (Å²) in [6, 6.07) is 8.10. The van der Waals surface area contributed by atoms with Gasteiger partial charge in [-0.1, -0.05) is 15.9 Å². The van der Waals surface area contributed by atoms with Crippen LogP contribution in [0.15, 0.2) is 34.9 Å². The van der Waals surface area contributed by atoms with Crippen LogP contribution in [0.5, 0.6) is 5.75 Å². The van der Waals surface area contributed by atoms with Crippen LogP contribution in [-0.4, -0.2) is 21.1 Å². The Kier molecular flexibility index (Phi) is 3.08. The van der Waals surface area contributed by atoms with Crippen LogP contribution in [0, 0.1) is 4.77 Å². The van der Waals surface area contributed by atoms with Crippen molar-refractivity contribution < 1.29 is 4.74 Å². The Morgan fingerprint density at radius 3 is 3.24 bits per heavy atom. The highest BCUT2D eigenvalue weighted by Crippen LogP contribution is 2.33. The number of ether oxygens (including phenoxy) is 1. The molecule has 0 saturated carbocycles. The summed E-state index contributed by atoms with van der Waals surface area (Å²) in [7, 11) is 0. The van der Waals surface area contributed by atoms with Gasteiger partial charge < -0.3 is 9.72 Å². The first-order valence-corrected chi connectivity index (χ1v) is 7.90. The predicted molar refractivity (Wildman–Crippen MR) is 87.4 cm³/mol. The van der Waals surface area contributed by atoms with E-state index in [1.165, 1.54) is 5.56 Å². The number of rotatable bonds is 2. The molecule has 0 aliphatic carbocycles. The average Bonchev–Trinajstić information content (AvgIpc) is 3.04. The van der Waals surface area contributed by atoms with Gasteiger partial charge in [-0.3, -0.25) is 4.57 Å². The maximum Gasteiger partial charge on any atom is 0.179 e. The summed E-state index contributed by atoms with van der Waals surface area (Å²) < 4.78 is 9.54. The molecule has 0 unspecified atom stereocenters. The number of aromatic amines is 1. The predicted octanol–water partition coefficient (Wildman–Crippen LogP) is 3.84. The van der Waals surface area contributed by atoms with Gasteiger partial charge in [-0.25, -0.2) is 4.98 Å². The van der Waals surface area contributed by atoms with Crippen LogP contribution in [0.4, 0.5) is 0 Å². The molecule has 0 bridgehead atoms. The third-order valence-electron chi connectivity index (χ3n) is 3.68. The van der Waals surface area contributed by atoms with Gasteiger partial charge in [-0.2, -0.15) is 0 Å². The molecule has 1 aliphatic heterocycles. The van der Waals surface area contributed by atoms with Crippen molar-refractivity contribution in [2.45, 2.75) is 13.0 Å². The lowest BCUT2D eigenvalue weighted by Gasteiger charge is -2.10. The summed E-state index contributed by atoms with van der Waals surface area (Å²) in [5.74, 6) is 0.991. The molecule has 106 valence electrons. The molecule has 0 spiro atoms. The van der Waals surface area contributed by atoms with Crippen LogP contribution < -0.4 is 4.74 Å². The fourth-order valence-electron chi connectivity index (χ4n) is 2.77. The van der Waals surface area contributed by atoms with Crippen molar-refractivity contribution in [3.05, 3.63) is 50.8 Å². The lowest BCUT2D eigenvalue weighted by Crippen LogP contribution is -2.03. The van der Waals surface area contributed by atoms with Gasteiger partial charge >= 0.3 is 0 Å². The number of nitrogens with one attached hydrogen (secondary N) is 1. The molecule has 0 amide bonds. The maximum absolute atomic E-state index is 5.79. The van der Waals surface area contributed by atoms with Crippen LogP contribution in [0.3, 0.4) is 0 Å². The Balaban J connectivity index is 1.86. The molecule has 3 heterocycles. The van der Waals surface area contributed by atoms with Crippen LogP contribution in [0.2, 0.25) is 0 Å². The smallest absolute Gasteiger partial charge is 0.179 e. The number of halogens is 1. The molecule has 21 heavy (non-hydrogen) atoms. The second kappa shape index (κ2) is 4.96. The Morgan fingerprint density at radius 2 is 2.33 bits per heavy atom. The molecule has 4 nitrogen and oxygen atoms in total. The molecule has 6 heteroatoms. The van der Waals surface area contributed by atoms with Gasteiger partial charge in [0.1, 0.15) is 5.75 Å². The number of imidazole rings is 1. The molecular weight excluding hydrogens is 350 g/mol. The van der Waals surface area contributed by atoms with Crippen LogP contribution >= 0.6 is 28.1 Å². The van der Waals surface area contributed by atoms with Gasteiger partial charge in [0.05, 0.1) is 18.7 Å². The second-order valence-electron chi connectivity index (χ2n) is 5.04. The molecule has 0 saturated heterocycles. The van der Waals surface area contributed by atoms with Gasteiger partial charge in [0.2, 0.25) is 0 Å². The first-order valence-electron chi connectivity index (χ1n) is 6.70. The van der Waals surface area contributed by atoms with E-state index < -0.39 is 0 Å². The van der Waals surface area contributed by atoms with Gasteiger partial charge in [0.15, 0.2) is 10.4 Å². The number of aromatic nitrogens is 3. The second-order valence-corrected chi connectivity index (χ2v) is 6.34. The number of hydrogen-bond donors (Lipinski definition) is 1. The zero-order valence-electron chi connectivity index (χ0n) is 11.1. The minimum absolute atomic E-state index is 0.650. The fourth-order valence-corrected chi connectivity index (χ4v) is 3.58. The normalized spacial score (nSPS) is 13.4. The fraction of sp³-hybridized carbons (Fsp3) is 0.200. The highest BCUT2D eigenvalue weighted by atomic mass is 79.9. The van der Waals surface area contributed by atoms with Crippen molar-refractivity contribution >= 4 is 39.3 Å². The average molecular weight is 362 g/mol. The van der Waals surface area contributed by atoms with Gasteiger partial charge in [-0.15, -0.1) is 0 Å². The van der Waals surface area contributed by atoms with E-state index in [-0.39, 0.29) is 0 Å². The molecule has 4 rings (SSSR count). The van der Waals surface area contributed by atoms with Crippen molar-refractivity contribution in [3.63, 3.8) is 0 Å². The first kappa shape index (κ1) is 13.0. The highest BCUT2D eigenvalue weighted by molar-refractivity contribution is 9.10. The molecule has 0 atom stereocenters. The van der Waals surface area contributed by atoms with Crippen LogP contribution in [0.1, 0.15) is 11.1 Å². The van der Waals surface area contributed by atoms with Crippen molar-refractivity contribution in [2.24, 2.45) is 0 Å². The molecule has 1 aliphatic rings. The van der Waals surface area contributed by atoms with Gasteiger partial charge in [0.25, 0.3) is 0 Å². The molecule has 0 radical (unpaired) electrons. The maximum atomic E-state index is 5.79. The first-order chi connectivity index (χ1) is 10.2. The van der Waals surface area contributed by atoms with E-state index in [0.717, 1.165) is 40.0 Å². The Labute approximate surface area is 134 Å². The Hall–Kier alpha value is -1.66. The van der Waals surface area contributed by atoms with E-state index in [1.807, 2.05) is 16.7 Å². The van der Waals surface area contributed by atoms with Crippen LogP contribution in [-0.2, 0) is 13.0 Å². The number of benzene rings is 1. The quantitative estimate of drug-likeness (QED) is 0.705. The molecule has 1 aromatic carbocycles. The number of fused-ring (bicyclic) bond motifs is 2. The summed E-state index contributed by atoms with van der Waals surface area (Å²) >= 11 is 9.00. The lowest BCUT2D eigenvalue weighted by atomic mass is 10.1. The third kappa shape index (κ3) is 2.18. The standard InChI is InChI=1S/C15H12BrN3OS/c16-11-6-9-3-5-20-13(9)10(7-11)8-19-14-12(18-15(19)21)2-1-4-17-14/h1-2,4,6-7H,3,5,8H2,(H,18,21). The summed E-state index contributed by atoms with van der Waals surface area (Å²) in [6.45, 7) is 1.40. The third-order valence-corrected chi connectivity index (χ3v) is 4.46. The highest BCUT2D eigenvalue weighted by Gasteiger charge is 2.18. The Morgan fingerprint density at radius 1 is 1.43 bits per heavy atom. The molecular formula is C15H12BrN3OS. The number of H-pyrrole nitrogens is 1. The number of nitrogens with zero attached hydrogens (tertiary/aromatic N) is 2. The van der Waals surface area contributed by atoms with E-state index in [9.17, 15) is 0 Å². The number of hydrogen-bond acceptors (Lipinski definition) is 3. The van der Waals surface area contributed by atoms with E-state index in [2.05, 4.69) is 38.0 Å². The SMILES string of the molecule is S=c1[nH]c2cccnc2n1Cc1cc(Br)cc2c1OCC2. The Bertz CT molecular complexity index is 900. The van der Waals surface area contributed by atoms with Crippen molar-refractivity contribution in [3.8, 4) is 5.75 Å². The summed E-state index contributed by atoms with van der Waals surface area (Å²) in [5, 5.41) is 0. The monoisotopic (exact) mass is 361 g/mol. The zero-order chi connectivity index (χ0) is 14.4. The van der Waals surface area contributed by atoms with Gasteiger partial charge in [0, 0.05) is 22.7 Å². The van der Waals surface area contributed by atoms with Crippen LogP contribution in [0.25, 0.3) is 11.2 Å².